The molecular weight excluding hydrogens is 348 g/mol. The molecule has 5 heteroatoms. The number of hydrogen-bond donors (Lipinski definition) is 2. The van der Waals surface area contributed by atoms with Crippen LogP contribution in [0.4, 0.5) is 0 Å². The predicted molar refractivity (Wildman–Crippen MR) is 106 cm³/mol. The van der Waals surface area contributed by atoms with Gasteiger partial charge in [-0.2, -0.15) is 0 Å². The number of hydrogen-bond acceptors (Lipinski definition) is 3. The van der Waals surface area contributed by atoms with Crippen molar-refractivity contribution in [2.75, 3.05) is 6.54 Å². The summed E-state index contributed by atoms with van der Waals surface area (Å²) in [6, 6.07) is 17.6. The number of Topliss-reactive ketones (excluding diaryl/α,β-unsaturated/α-hetero) is 1. The van der Waals surface area contributed by atoms with Gasteiger partial charge in [0.15, 0.2) is 5.78 Å². The van der Waals surface area contributed by atoms with Crippen LogP contribution in [0.2, 0.25) is 0 Å². The molecule has 0 spiro atoms. The van der Waals surface area contributed by atoms with Crippen molar-refractivity contribution in [1.82, 2.24) is 5.32 Å². The normalized spacial score (nSPS) is 14.2. The van der Waals surface area contributed by atoms with Gasteiger partial charge in [-0.25, -0.2) is 0 Å². The van der Waals surface area contributed by atoms with E-state index in [1.807, 2.05) is 54.6 Å². The highest BCUT2D eigenvalue weighted by atomic mass is 35.5. The number of halogens is 1. The summed E-state index contributed by atoms with van der Waals surface area (Å²) in [7, 11) is 0. The molecule has 0 heterocycles. The quantitative estimate of drug-likeness (QED) is 0.695. The first-order chi connectivity index (χ1) is 12.1. The molecule has 4 nitrogen and oxygen atoms in total. The Hall–Kier alpha value is -2.17. The SMILES string of the molecule is Cl.NC(CNC(=O)CCC(=O)c1ccc(-c2ccccc2)cc1)C1CC1. The number of amides is 1. The molecular formula is C21H25ClN2O2. The van der Waals surface area contributed by atoms with E-state index in [2.05, 4.69) is 5.32 Å². The second-order valence-electron chi connectivity index (χ2n) is 6.67. The number of ketones is 1. The molecule has 2 aromatic carbocycles. The lowest BCUT2D eigenvalue weighted by atomic mass is 10.0. The Morgan fingerprint density at radius 1 is 0.962 bits per heavy atom. The molecule has 1 unspecified atom stereocenters. The molecule has 138 valence electrons. The molecule has 1 saturated carbocycles. The van der Waals surface area contributed by atoms with Gasteiger partial charge >= 0.3 is 0 Å². The van der Waals surface area contributed by atoms with Gasteiger partial charge in [0.05, 0.1) is 0 Å². The molecule has 26 heavy (non-hydrogen) atoms. The number of carbonyl (C=O) groups excluding carboxylic acids is 2. The number of carbonyl (C=O) groups is 2. The zero-order valence-corrected chi connectivity index (χ0v) is 15.5. The molecule has 1 atom stereocenters. The average molecular weight is 373 g/mol. The Balaban J connectivity index is 0.00000243. The number of nitrogens with one attached hydrogen (secondary N) is 1. The van der Waals surface area contributed by atoms with Crippen LogP contribution >= 0.6 is 12.4 Å². The van der Waals surface area contributed by atoms with Crippen LogP contribution in [0.5, 0.6) is 0 Å². The Labute approximate surface area is 160 Å². The summed E-state index contributed by atoms with van der Waals surface area (Å²) in [5, 5.41) is 2.83. The Morgan fingerprint density at radius 3 is 2.19 bits per heavy atom. The highest BCUT2D eigenvalue weighted by Crippen LogP contribution is 2.31. The van der Waals surface area contributed by atoms with Gasteiger partial charge < -0.3 is 11.1 Å². The molecule has 0 aliphatic heterocycles. The highest BCUT2D eigenvalue weighted by Gasteiger charge is 2.28. The maximum absolute atomic E-state index is 12.2. The van der Waals surface area contributed by atoms with Crippen LogP contribution in [-0.2, 0) is 4.79 Å². The molecule has 1 aliphatic rings. The first kappa shape index (κ1) is 20.1. The first-order valence-corrected chi connectivity index (χ1v) is 8.84. The molecule has 0 aromatic heterocycles. The molecule has 0 bridgehead atoms. The van der Waals surface area contributed by atoms with Crippen molar-refractivity contribution in [2.45, 2.75) is 31.7 Å². The van der Waals surface area contributed by atoms with E-state index in [0.717, 1.165) is 24.0 Å². The standard InChI is InChI=1S/C21H24N2O2.ClH/c22-19(17-8-9-17)14-23-21(25)13-12-20(24)18-10-6-16(7-11-18)15-4-2-1-3-5-15;/h1-7,10-11,17,19H,8-9,12-14,22H2,(H,23,25);1H. The van der Waals surface area contributed by atoms with Crippen LogP contribution in [0, 0.1) is 5.92 Å². The van der Waals surface area contributed by atoms with Gasteiger partial charge in [0.2, 0.25) is 5.91 Å². The van der Waals surface area contributed by atoms with Crippen LogP contribution in [0.15, 0.2) is 54.6 Å². The van der Waals surface area contributed by atoms with E-state index >= 15 is 0 Å². The van der Waals surface area contributed by atoms with Gasteiger partial charge in [-0.15, -0.1) is 12.4 Å². The summed E-state index contributed by atoms with van der Waals surface area (Å²) in [6.07, 6.45) is 2.74. The molecule has 0 saturated heterocycles. The second-order valence-corrected chi connectivity index (χ2v) is 6.67. The summed E-state index contributed by atoms with van der Waals surface area (Å²) in [5.41, 5.74) is 8.79. The van der Waals surface area contributed by atoms with E-state index < -0.39 is 0 Å². The smallest absolute Gasteiger partial charge is 0.220 e. The number of nitrogens with two attached hydrogens (primary N) is 1. The summed E-state index contributed by atoms with van der Waals surface area (Å²) in [5.74, 6) is 0.441. The van der Waals surface area contributed by atoms with E-state index in [1.165, 1.54) is 0 Å². The van der Waals surface area contributed by atoms with Gasteiger partial charge in [0, 0.05) is 31.0 Å². The zero-order chi connectivity index (χ0) is 17.6. The van der Waals surface area contributed by atoms with Crippen molar-refractivity contribution in [1.29, 1.82) is 0 Å². The highest BCUT2D eigenvalue weighted by molar-refractivity contribution is 5.98. The Kier molecular flexibility index (Phi) is 7.37. The van der Waals surface area contributed by atoms with Crippen LogP contribution < -0.4 is 11.1 Å². The van der Waals surface area contributed by atoms with Crippen molar-refractivity contribution >= 4 is 24.1 Å². The van der Waals surface area contributed by atoms with E-state index in [0.29, 0.717) is 18.0 Å². The van der Waals surface area contributed by atoms with Crippen molar-refractivity contribution in [3.8, 4) is 11.1 Å². The monoisotopic (exact) mass is 372 g/mol. The van der Waals surface area contributed by atoms with Crippen LogP contribution in [-0.4, -0.2) is 24.3 Å². The fourth-order valence-electron chi connectivity index (χ4n) is 2.86. The Morgan fingerprint density at radius 2 is 1.58 bits per heavy atom. The molecule has 2 aromatic rings. The van der Waals surface area contributed by atoms with E-state index in [4.69, 9.17) is 5.73 Å². The lowest BCUT2D eigenvalue weighted by Crippen LogP contribution is -2.38. The van der Waals surface area contributed by atoms with Gasteiger partial charge in [-0.3, -0.25) is 9.59 Å². The fraction of sp³-hybridized carbons (Fsp3) is 0.333. The lowest BCUT2D eigenvalue weighted by molar-refractivity contribution is -0.121. The summed E-state index contributed by atoms with van der Waals surface area (Å²) in [6.45, 7) is 0.503. The van der Waals surface area contributed by atoms with Crippen LogP contribution in [0.25, 0.3) is 11.1 Å². The molecule has 3 rings (SSSR count). The third-order valence-corrected chi connectivity index (χ3v) is 4.66. The Bertz CT molecular complexity index is 727. The van der Waals surface area contributed by atoms with Gasteiger partial charge in [-0.05, 0) is 29.9 Å². The van der Waals surface area contributed by atoms with Crippen molar-refractivity contribution in [3.63, 3.8) is 0 Å². The van der Waals surface area contributed by atoms with E-state index in [1.54, 1.807) is 0 Å². The van der Waals surface area contributed by atoms with Gasteiger partial charge in [0.25, 0.3) is 0 Å². The van der Waals surface area contributed by atoms with Crippen LogP contribution in [0.1, 0.15) is 36.0 Å². The summed E-state index contributed by atoms with van der Waals surface area (Å²) < 4.78 is 0. The maximum Gasteiger partial charge on any atom is 0.220 e. The topological polar surface area (TPSA) is 72.2 Å². The lowest BCUT2D eigenvalue weighted by Gasteiger charge is -2.11. The van der Waals surface area contributed by atoms with Crippen LogP contribution in [0.3, 0.4) is 0 Å². The largest absolute Gasteiger partial charge is 0.355 e. The molecule has 1 fully saturated rings. The maximum atomic E-state index is 12.2. The van der Waals surface area contributed by atoms with Crippen molar-refractivity contribution in [2.24, 2.45) is 11.7 Å². The molecule has 3 N–H and O–H groups in total. The minimum atomic E-state index is -0.106. The zero-order valence-electron chi connectivity index (χ0n) is 14.7. The fourth-order valence-corrected chi connectivity index (χ4v) is 2.86. The summed E-state index contributed by atoms with van der Waals surface area (Å²) >= 11 is 0. The van der Waals surface area contributed by atoms with Gasteiger partial charge in [-0.1, -0.05) is 54.6 Å². The van der Waals surface area contributed by atoms with E-state index in [-0.39, 0.29) is 43.0 Å². The second kappa shape index (κ2) is 9.51. The van der Waals surface area contributed by atoms with Gasteiger partial charge in [0.1, 0.15) is 0 Å². The molecule has 1 aliphatic carbocycles. The predicted octanol–water partition coefficient (Wildman–Crippen LogP) is 3.59. The molecule has 0 radical (unpaired) electrons. The van der Waals surface area contributed by atoms with Crippen molar-refractivity contribution in [3.05, 3.63) is 60.2 Å². The minimum absolute atomic E-state index is 0. The van der Waals surface area contributed by atoms with Crippen molar-refractivity contribution < 1.29 is 9.59 Å². The third-order valence-electron chi connectivity index (χ3n) is 4.66. The number of rotatable bonds is 8. The minimum Gasteiger partial charge on any atom is -0.355 e. The van der Waals surface area contributed by atoms with E-state index in [9.17, 15) is 9.59 Å². The first-order valence-electron chi connectivity index (χ1n) is 8.84. The average Bonchev–Trinajstić information content (AvgIpc) is 3.50. The number of benzene rings is 2. The summed E-state index contributed by atoms with van der Waals surface area (Å²) in [4.78, 5) is 24.1. The molecule has 1 amide bonds. The third kappa shape index (κ3) is 5.68.